The summed E-state index contributed by atoms with van der Waals surface area (Å²) < 4.78 is -0.380. The van der Waals surface area contributed by atoms with Gasteiger partial charge in [-0.1, -0.05) is 59.1 Å². The molecule has 7 heteroatoms. The molecule has 0 heterocycles. The van der Waals surface area contributed by atoms with Crippen molar-refractivity contribution in [3.63, 3.8) is 0 Å². The number of nitrogens with zero attached hydrogens (tertiary/aromatic N) is 1. The van der Waals surface area contributed by atoms with Gasteiger partial charge in [-0.2, -0.15) is 0 Å². The first-order valence-corrected chi connectivity index (χ1v) is 13.4. The fourth-order valence-electron chi connectivity index (χ4n) is 5.23. The van der Waals surface area contributed by atoms with Crippen LogP contribution >= 0.6 is 0 Å². The molecule has 0 spiro atoms. The summed E-state index contributed by atoms with van der Waals surface area (Å²) in [5.41, 5.74) is 0. The third kappa shape index (κ3) is 10.2. The van der Waals surface area contributed by atoms with Crippen molar-refractivity contribution >= 4 is 17.9 Å². The first-order valence-electron chi connectivity index (χ1n) is 13.4. The van der Waals surface area contributed by atoms with E-state index in [1.807, 2.05) is 20.8 Å². The summed E-state index contributed by atoms with van der Waals surface area (Å²) in [4.78, 5) is 37.4. The lowest BCUT2D eigenvalue weighted by molar-refractivity contribution is -0.973. The minimum Gasteiger partial charge on any atom is -0.477 e. The predicted octanol–water partition coefficient (Wildman–Crippen LogP) is 6.26. The molecule has 0 saturated heterocycles. The van der Waals surface area contributed by atoms with Crippen molar-refractivity contribution in [3.8, 4) is 0 Å². The molecule has 0 rings (SSSR count). The van der Waals surface area contributed by atoms with E-state index in [-0.39, 0.29) is 30.3 Å². The Kier molecular flexibility index (Phi) is 17.4. The largest absolute Gasteiger partial charge is 0.477 e. The molecule has 3 unspecified atom stereocenters. The van der Waals surface area contributed by atoms with Crippen LogP contribution < -0.4 is 0 Å². The molecule has 0 aromatic carbocycles. The van der Waals surface area contributed by atoms with Crippen molar-refractivity contribution in [1.29, 1.82) is 0 Å². The molecule has 0 aromatic heterocycles. The van der Waals surface area contributed by atoms with E-state index in [0.29, 0.717) is 25.7 Å². The fourth-order valence-corrected chi connectivity index (χ4v) is 5.23. The molecular weight excluding hydrogens is 434 g/mol. The highest BCUT2D eigenvalue weighted by atomic mass is 16.4. The van der Waals surface area contributed by atoms with Crippen LogP contribution in [0, 0.1) is 0 Å². The van der Waals surface area contributed by atoms with Crippen molar-refractivity contribution in [2.45, 2.75) is 136 Å². The molecular formula is C27H50NO6+. The zero-order valence-corrected chi connectivity index (χ0v) is 22.0. The van der Waals surface area contributed by atoms with E-state index >= 15 is 0 Å². The molecule has 0 aliphatic carbocycles. The zero-order chi connectivity index (χ0) is 26.0. The highest BCUT2D eigenvalue weighted by molar-refractivity contribution is 5.78. The van der Waals surface area contributed by atoms with E-state index in [1.165, 1.54) is 0 Å². The lowest BCUT2D eigenvalue weighted by atomic mass is 9.91. The summed E-state index contributed by atoms with van der Waals surface area (Å²) in [6.07, 6.45) is 14.8. The molecule has 7 nitrogen and oxygen atoms in total. The van der Waals surface area contributed by atoms with E-state index in [0.717, 1.165) is 44.9 Å². The van der Waals surface area contributed by atoms with Crippen LogP contribution in [0.3, 0.4) is 0 Å². The molecule has 0 bridgehead atoms. The maximum atomic E-state index is 12.5. The number of quaternary nitrogens is 1. The second-order valence-electron chi connectivity index (χ2n) is 9.46. The van der Waals surface area contributed by atoms with Crippen LogP contribution in [0.25, 0.3) is 0 Å². The monoisotopic (exact) mass is 484 g/mol. The molecule has 0 aromatic rings. The van der Waals surface area contributed by atoms with Crippen LogP contribution in [-0.4, -0.2) is 62.4 Å². The summed E-state index contributed by atoms with van der Waals surface area (Å²) in [7, 11) is 0. The number of hydrogen-bond donors (Lipinski definition) is 3. The second kappa shape index (κ2) is 18.4. The molecule has 0 aliphatic rings. The van der Waals surface area contributed by atoms with Crippen LogP contribution in [0.1, 0.15) is 118 Å². The number of unbranched alkanes of at least 4 members (excludes halogenated alkanes) is 6. The Morgan fingerprint density at radius 2 is 0.971 bits per heavy atom. The normalized spacial score (nSPS) is 16.1. The van der Waals surface area contributed by atoms with E-state index in [9.17, 15) is 29.7 Å². The molecule has 0 radical (unpaired) electrons. The van der Waals surface area contributed by atoms with Crippen LogP contribution in [0.2, 0.25) is 0 Å². The number of allylic oxidation sites excluding steroid dienone is 2. The maximum Gasteiger partial charge on any atom is 0.362 e. The van der Waals surface area contributed by atoms with Gasteiger partial charge in [0.05, 0.1) is 6.54 Å². The van der Waals surface area contributed by atoms with Crippen LogP contribution in [0.15, 0.2) is 12.2 Å². The van der Waals surface area contributed by atoms with Gasteiger partial charge in [0.15, 0.2) is 18.1 Å². The molecule has 0 aliphatic heterocycles. The highest BCUT2D eigenvalue weighted by Crippen LogP contribution is 2.34. The van der Waals surface area contributed by atoms with Gasteiger partial charge in [-0.15, -0.1) is 0 Å². The lowest BCUT2D eigenvalue weighted by Gasteiger charge is -2.50. The quantitative estimate of drug-likeness (QED) is 0.0950. The SMILES string of the molecule is CCC/C=C/CCCCCCC[N+](C(CCC)C(=O)O)(C(CCC)C(=O)O)C(CCC)C(=O)O. The molecule has 0 fully saturated rings. The minimum absolute atomic E-state index is 0.264. The average molecular weight is 485 g/mol. The predicted molar refractivity (Wildman–Crippen MR) is 136 cm³/mol. The Bertz CT molecular complexity index is 558. The Hall–Kier alpha value is -1.89. The average Bonchev–Trinajstić information content (AvgIpc) is 2.78. The third-order valence-electron chi connectivity index (χ3n) is 6.82. The first-order chi connectivity index (χ1) is 16.2. The molecule has 198 valence electrons. The highest BCUT2D eigenvalue weighted by Gasteiger charge is 2.56. The van der Waals surface area contributed by atoms with Crippen molar-refractivity contribution < 1.29 is 34.2 Å². The van der Waals surface area contributed by atoms with Gasteiger partial charge in [-0.05, 0) is 51.4 Å². The summed E-state index contributed by atoms with van der Waals surface area (Å²) in [5, 5.41) is 30.6. The topological polar surface area (TPSA) is 112 Å². The standard InChI is InChI=1S/C27H49NO6/c1-5-9-10-11-12-13-14-15-16-17-21-28(22(18-6-2)25(29)30,23(19-7-3)26(31)32)24(20-8-4)27(33)34/h10-11,22-24H,5-9,12-21H2,1-4H3,(H2-,29,30,31,32,33,34)/p+1/b11-10+. The van der Waals surface area contributed by atoms with Crippen molar-refractivity contribution in [1.82, 2.24) is 0 Å². The fraction of sp³-hybridized carbons (Fsp3) is 0.815. The van der Waals surface area contributed by atoms with Crippen LogP contribution in [-0.2, 0) is 14.4 Å². The van der Waals surface area contributed by atoms with E-state index in [4.69, 9.17) is 0 Å². The van der Waals surface area contributed by atoms with Crippen LogP contribution in [0.5, 0.6) is 0 Å². The van der Waals surface area contributed by atoms with E-state index < -0.39 is 36.0 Å². The van der Waals surface area contributed by atoms with E-state index in [2.05, 4.69) is 19.1 Å². The summed E-state index contributed by atoms with van der Waals surface area (Å²) in [6, 6.07) is -3.14. The minimum atomic E-state index is -1.09. The molecule has 0 saturated carbocycles. The Morgan fingerprint density at radius 3 is 1.35 bits per heavy atom. The number of carboxylic acids is 3. The summed E-state index contributed by atoms with van der Waals surface area (Å²) in [5.74, 6) is -3.28. The van der Waals surface area contributed by atoms with Crippen molar-refractivity contribution in [2.75, 3.05) is 6.54 Å². The summed E-state index contributed by atoms with van der Waals surface area (Å²) in [6.45, 7) is 8.02. The van der Waals surface area contributed by atoms with Gasteiger partial charge in [0.25, 0.3) is 0 Å². The molecule has 0 amide bonds. The van der Waals surface area contributed by atoms with E-state index in [1.54, 1.807) is 0 Å². The smallest absolute Gasteiger partial charge is 0.362 e. The molecule has 3 atom stereocenters. The number of rotatable bonds is 22. The maximum absolute atomic E-state index is 12.5. The molecule has 3 N–H and O–H groups in total. The van der Waals surface area contributed by atoms with Gasteiger partial charge in [0.2, 0.25) is 0 Å². The third-order valence-corrected chi connectivity index (χ3v) is 6.82. The Morgan fingerprint density at radius 1 is 0.588 bits per heavy atom. The van der Waals surface area contributed by atoms with Gasteiger partial charge in [-0.3, -0.25) is 4.48 Å². The lowest BCUT2D eigenvalue weighted by Crippen LogP contribution is -2.72. The Balaban J connectivity index is 5.87. The van der Waals surface area contributed by atoms with Gasteiger partial charge < -0.3 is 15.3 Å². The van der Waals surface area contributed by atoms with Crippen molar-refractivity contribution in [2.24, 2.45) is 0 Å². The van der Waals surface area contributed by atoms with Gasteiger partial charge >= 0.3 is 17.9 Å². The number of aliphatic carboxylic acids is 3. The zero-order valence-electron chi connectivity index (χ0n) is 22.0. The molecule has 34 heavy (non-hydrogen) atoms. The van der Waals surface area contributed by atoms with Gasteiger partial charge in [-0.25, -0.2) is 14.4 Å². The second-order valence-corrected chi connectivity index (χ2v) is 9.46. The van der Waals surface area contributed by atoms with Gasteiger partial charge in [0.1, 0.15) is 0 Å². The van der Waals surface area contributed by atoms with Crippen molar-refractivity contribution in [3.05, 3.63) is 12.2 Å². The van der Waals surface area contributed by atoms with Crippen LogP contribution in [0.4, 0.5) is 0 Å². The first kappa shape index (κ1) is 32.1. The number of carbonyl (C=O) groups is 3. The Labute approximate surface area is 206 Å². The number of hydrogen-bond acceptors (Lipinski definition) is 3. The van der Waals surface area contributed by atoms with Gasteiger partial charge in [0, 0.05) is 19.3 Å². The summed E-state index contributed by atoms with van der Waals surface area (Å²) >= 11 is 0. The number of carboxylic acid groups (broad SMARTS) is 3.